The second-order valence-corrected chi connectivity index (χ2v) is 6.17. The maximum atomic E-state index is 12.8. The highest BCUT2D eigenvalue weighted by Crippen LogP contribution is 2.21. The average molecular weight is 317 g/mol. The van der Waals surface area contributed by atoms with Gasteiger partial charge in [-0.1, -0.05) is 18.2 Å². The molecule has 0 spiro atoms. The molecule has 0 fully saturated rings. The number of halogens is 1. The monoisotopic (exact) mass is 317 g/mol. The summed E-state index contributed by atoms with van der Waals surface area (Å²) in [6.07, 6.45) is 2.89. The molecule has 1 aromatic heterocycles. The fraction of sp³-hybridized carbons (Fsp3) is 0. The van der Waals surface area contributed by atoms with Gasteiger partial charge in [0.15, 0.2) is 0 Å². The highest BCUT2D eigenvalue weighted by Gasteiger charge is 2.09. The lowest BCUT2D eigenvalue weighted by Crippen LogP contribution is -2.09. The van der Waals surface area contributed by atoms with Crippen LogP contribution < -0.4 is 4.72 Å². The van der Waals surface area contributed by atoms with Crippen LogP contribution in [0.5, 0.6) is 0 Å². The summed E-state index contributed by atoms with van der Waals surface area (Å²) in [4.78, 5) is 6.99. The van der Waals surface area contributed by atoms with Gasteiger partial charge in [0.05, 0.1) is 22.9 Å². The van der Waals surface area contributed by atoms with Crippen LogP contribution in [0.15, 0.2) is 54.2 Å². The van der Waals surface area contributed by atoms with Crippen molar-refractivity contribution in [1.82, 2.24) is 9.97 Å². The topological polar surface area (TPSA) is 74.8 Å². The summed E-state index contributed by atoms with van der Waals surface area (Å²) in [5.74, 6) is -0.372. The number of aromatic nitrogens is 2. The molecule has 2 aromatic carbocycles. The smallest absolute Gasteiger partial charge is 0.255 e. The Hall–Kier alpha value is -2.67. The summed E-state index contributed by atoms with van der Waals surface area (Å²) in [5, 5.41) is 1.03. The fourth-order valence-corrected chi connectivity index (χ4v) is 2.85. The molecular formula is C15H12FN3O2S. The Balaban J connectivity index is 1.84. The SMILES string of the molecule is O=S(=O)(/C=C/c1ccc(F)cc1)Nc1cccc2[nH]cnc12. The number of para-hydroxylation sites is 1. The van der Waals surface area contributed by atoms with Crippen LogP contribution in [0.3, 0.4) is 0 Å². The largest absolute Gasteiger partial charge is 0.345 e. The molecule has 0 bridgehead atoms. The van der Waals surface area contributed by atoms with E-state index in [1.54, 1.807) is 18.2 Å². The van der Waals surface area contributed by atoms with Gasteiger partial charge in [0.1, 0.15) is 11.3 Å². The Morgan fingerprint density at radius 1 is 1.14 bits per heavy atom. The van der Waals surface area contributed by atoms with Crippen molar-refractivity contribution in [2.24, 2.45) is 0 Å². The first-order valence-corrected chi connectivity index (χ1v) is 7.97. The van der Waals surface area contributed by atoms with E-state index < -0.39 is 10.0 Å². The molecule has 0 atom stereocenters. The fourth-order valence-electron chi connectivity index (χ4n) is 1.98. The predicted octanol–water partition coefficient (Wildman–Crippen LogP) is 3.11. The molecule has 0 aliphatic heterocycles. The number of sulfonamides is 1. The zero-order chi connectivity index (χ0) is 15.6. The van der Waals surface area contributed by atoms with Crippen molar-refractivity contribution in [3.05, 3.63) is 65.6 Å². The minimum Gasteiger partial charge on any atom is -0.345 e. The van der Waals surface area contributed by atoms with Crippen molar-refractivity contribution in [1.29, 1.82) is 0 Å². The third kappa shape index (κ3) is 3.15. The van der Waals surface area contributed by atoms with Crippen molar-refractivity contribution < 1.29 is 12.8 Å². The van der Waals surface area contributed by atoms with E-state index >= 15 is 0 Å². The van der Waals surface area contributed by atoms with Crippen LogP contribution >= 0.6 is 0 Å². The number of rotatable bonds is 4. The number of aromatic amines is 1. The Kier molecular flexibility index (Phi) is 3.64. The van der Waals surface area contributed by atoms with Gasteiger partial charge in [-0.15, -0.1) is 0 Å². The Morgan fingerprint density at radius 3 is 2.68 bits per heavy atom. The summed E-state index contributed by atoms with van der Waals surface area (Å²) in [6, 6.07) is 10.7. The van der Waals surface area contributed by atoms with Crippen LogP contribution in [0.2, 0.25) is 0 Å². The highest BCUT2D eigenvalue weighted by molar-refractivity contribution is 7.95. The summed E-state index contributed by atoms with van der Waals surface area (Å²) in [7, 11) is -3.69. The molecule has 0 aliphatic rings. The predicted molar refractivity (Wildman–Crippen MR) is 84.1 cm³/mol. The lowest BCUT2D eigenvalue weighted by Gasteiger charge is -2.05. The van der Waals surface area contributed by atoms with Gasteiger partial charge in [-0.2, -0.15) is 0 Å². The molecule has 0 saturated heterocycles. The maximum absolute atomic E-state index is 12.8. The molecule has 0 saturated carbocycles. The molecule has 0 unspecified atom stereocenters. The third-order valence-electron chi connectivity index (χ3n) is 3.01. The van der Waals surface area contributed by atoms with Gasteiger partial charge in [-0.3, -0.25) is 4.72 Å². The van der Waals surface area contributed by atoms with E-state index in [-0.39, 0.29) is 5.82 Å². The van der Waals surface area contributed by atoms with Crippen LogP contribution in [0, 0.1) is 5.82 Å². The minimum atomic E-state index is -3.69. The average Bonchev–Trinajstić information content (AvgIpc) is 2.96. The molecule has 2 N–H and O–H groups in total. The first-order valence-electron chi connectivity index (χ1n) is 6.42. The normalized spacial score (nSPS) is 12.0. The first kappa shape index (κ1) is 14.3. The maximum Gasteiger partial charge on any atom is 0.255 e. The van der Waals surface area contributed by atoms with E-state index in [4.69, 9.17) is 0 Å². The molecule has 0 aliphatic carbocycles. The number of H-pyrrole nitrogens is 1. The third-order valence-corrected chi connectivity index (χ3v) is 4.01. The first-order chi connectivity index (χ1) is 10.5. The Labute approximate surface area is 126 Å². The second-order valence-electron chi connectivity index (χ2n) is 4.61. The molecule has 3 rings (SSSR count). The Morgan fingerprint density at radius 2 is 1.91 bits per heavy atom. The van der Waals surface area contributed by atoms with Crippen LogP contribution in [-0.2, 0) is 10.0 Å². The Bertz CT molecular complexity index is 931. The van der Waals surface area contributed by atoms with Gasteiger partial charge < -0.3 is 4.98 Å². The second kappa shape index (κ2) is 5.61. The van der Waals surface area contributed by atoms with Gasteiger partial charge in [0.2, 0.25) is 0 Å². The molecule has 22 heavy (non-hydrogen) atoms. The van der Waals surface area contributed by atoms with Crippen molar-refractivity contribution in [2.75, 3.05) is 4.72 Å². The number of hydrogen-bond acceptors (Lipinski definition) is 3. The zero-order valence-corrected chi connectivity index (χ0v) is 12.1. The van der Waals surface area contributed by atoms with Crippen molar-refractivity contribution in [3.8, 4) is 0 Å². The van der Waals surface area contributed by atoms with Gasteiger partial charge in [-0.25, -0.2) is 17.8 Å². The van der Waals surface area contributed by atoms with E-state index in [2.05, 4.69) is 14.7 Å². The van der Waals surface area contributed by atoms with E-state index in [0.29, 0.717) is 16.8 Å². The molecule has 7 heteroatoms. The number of nitrogens with one attached hydrogen (secondary N) is 2. The number of nitrogens with zero attached hydrogens (tertiary/aromatic N) is 1. The molecule has 1 heterocycles. The van der Waals surface area contributed by atoms with Gasteiger partial charge >= 0.3 is 0 Å². The zero-order valence-electron chi connectivity index (χ0n) is 11.3. The molecule has 112 valence electrons. The van der Waals surface area contributed by atoms with Gasteiger partial charge in [0.25, 0.3) is 10.0 Å². The lowest BCUT2D eigenvalue weighted by molar-refractivity contribution is 0.609. The van der Waals surface area contributed by atoms with Crippen LogP contribution in [0.1, 0.15) is 5.56 Å². The van der Waals surface area contributed by atoms with Crippen molar-refractivity contribution in [2.45, 2.75) is 0 Å². The number of fused-ring (bicyclic) bond motifs is 1. The lowest BCUT2D eigenvalue weighted by atomic mass is 10.2. The summed E-state index contributed by atoms with van der Waals surface area (Å²) < 4.78 is 39.5. The van der Waals surface area contributed by atoms with E-state index in [1.807, 2.05) is 0 Å². The van der Waals surface area contributed by atoms with E-state index in [1.165, 1.54) is 36.7 Å². The number of hydrogen-bond donors (Lipinski definition) is 2. The van der Waals surface area contributed by atoms with Crippen LogP contribution in [0.25, 0.3) is 17.1 Å². The number of anilines is 1. The minimum absolute atomic E-state index is 0.372. The van der Waals surface area contributed by atoms with E-state index in [0.717, 1.165) is 10.9 Å². The molecule has 5 nitrogen and oxygen atoms in total. The van der Waals surface area contributed by atoms with Gasteiger partial charge in [-0.05, 0) is 35.9 Å². The van der Waals surface area contributed by atoms with Gasteiger partial charge in [0, 0.05) is 0 Å². The van der Waals surface area contributed by atoms with Crippen LogP contribution in [0.4, 0.5) is 10.1 Å². The summed E-state index contributed by atoms with van der Waals surface area (Å²) >= 11 is 0. The van der Waals surface area contributed by atoms with E-state index in [9.17, 15) is 12.8 Å². The molecule has 3 aromatic rings. The molecular weight excluding hydrogens is 305 g/mol. The molecule has 0 amide bonds. The molecule has 0 radical (unpaired) electrons. The quantitative estimate of drug-likeness (QED) is 0.776. The summed E-state index contributed by atoms with van der Waals surface area (Å²) in [6.45, 7) is 0. The number of benzene rings is 2. The van der Waals surface area contributed by atoms with Crippen molar-refractivity contribution >= 4 is 32.8 Å². The van der Waals surface area contributed by atoms with Crippen molar-refractivity contribution in [3.63, 3.8) is 0 Å². The van der Waals surface area contributed by atoms with Crippen LogP contribution in [-0.4, -0.2) is 18.4 Å². The highest BCUT2D eigenvalue weighted by atomic mass is 32.2. The standard InChI is InChI=1S/C15H12FN3O2S/c16-12-6-4-11(5-7-12)8-9-22(20,21)19-14-3-1-2-13-15(14)18-10-17-13/h1-10,19H,(H,17,18)/b9-8+. The number of imidazole rings is 1. The summed E-state index contributed by atoms with van der Waals surface area (Å²) in [5.41, 5.74) is 2.26.